The maximum atomic E-state index is 13.7. The first-order valence-electron chi connectivity index (χ1n) is 10.7. The highest BCUT2D eigenvalue weighted by Gasteiger charge is 2.29. The van der Waals surface area contributed by atoms with E-state index in [0.717, 1.165) is 16.8 Å². The molecule has 0 fully saturated rings. The second-order valence-corrected chi connectivity index (χ2v) is 8.07. The molecule has 0 spiro atoms. The molecular formula is C26H26FN3O3. The van der Waals surface area contributed by atoms with Crippen molar-refractivity contribution in [2.24, 2.45) is 5.73 Å². The van der Waals surface area contributed by atoms with Crippen molar-refractivity contribution >= 4 is 28.6 Å². The number of rotatable bonds is 8. The van der Waals surface area contributed by atoms with Crippen LogP contribution in [0.3, 0.4) is 0 Å². The Morgan fingerprint density at radius 1 is 0.970 bits per heavy atom. The zero-order valence-electron chi connectivity index (χ0n) is 18.0. The van der Waals surface area contributed by atoms with Crippen molar-refractivity contribution in [2.75, 3.05) is 23.8 Å². The van der Waals surface area contributed by atoms with Crippen molar-refractivity contribution in [1.82, 2.24) is 0 Å². The van der Waals surface area contributed by atoms with Gasteiger partial charge in [0.1, 0.15) is 5.82 Å². The Morgan fingerprint density at radius 3 is 2.27 bits per heavy atom. The van der Waals surface area contributed by atoms with Crippen molar-refractivity contribution in [3.05, 3.63) is 95.3 Å². The van der Waals surface area contributed by atoms with Crippen molar-refractivity contribution in [1.29, 1.82) is 0 Å². The molecule has 4 rings (SSSR count). The quantitative estimate of drug-likeness (QED) is 0.339. The van der Waals surface area contributed by atoms with Crippen LogP contribution < -0.4 is 16.4 Å². The number of hydrogen-bond donors (Lipinski definition) is 5. The molecule has 1 aliphatic rings. The van der Waals surface area contributed by atoms with Gasteiger partial charge in [0.2, 0.25) is 0 Å². The molecule has 1 heterocycles. The zero-order valence-corrected chi connectivity index (χ0v) is 18.0. The Bertz CT molecular complexity index is 1170. The Balaban J connectivity index is 1.75. The van der Waals surface area contributed by atoms with E-state index in [1.54, 1.807) is 6.07 Å². The summed E-state index contributed by atoms with van der Waals surface area (Å²) in [7, 11) is 0. The highest BCUT2D eigenvalue weighted by atomic mass is 19.1. The second-order valence-electron chi connectivity index (χ2n) is 8.07. The third kappa shape index (κ3) is 4.66. The van der Waals surface area contributed by atoms with Gasteiger partial charge in [-0.05, 0) is 54.3 Å². The van der Waals surface area contributed by atoms with Crippen LogP contribution in [0.15, 0.2) is 72.8 Å². The normalized spacial score (nSPS) is 14.6. The summed E-state index contributed by atoms with van der Waals surface area (Å²) in [6, 6.07) is 21.1. The van der Waals surface area contributed by atoms with Crippen molar-refractivity contribution in [3.8, 4) is 0 Å². The summed E-state index contributed by atoms with van der Waals surface area (Å²) in [5, 5.41) is 24.9. The van der Waals surface area contributed by atoms with E-state index in [1.807, 2.05) is 54.6 Å². The van der Waals surface area contributed by atoms with Gasteiger partial charge >= 0.3 is 0 Å². The summed E-state index contributed by atoms with van der Waals surface area (Å²) in [6.07, 6.45) is 0.653. The number of halogens is 1. The molecule has 0 aromatic heterocycles. The van der Waals surface area contributed by atoms with Gasteiger partial charge in [0, 0.05) is 30.0 Å². The van der Waals surface area contributed by atoms with Gasteiger partial charge in [0.15, 0.2) is 0 Å². The van der Waals surface area contributed by atoms with Gasteiger partial charge in [-0.3, -0.25) is 4.79 Å². The Kier molecular flexibility index (Phi) is 6.55. The smallest absolute Gasteiger partial charge is 0.258 e. The largest absolute Gasteiger partial charge is 0.396 e. The van der Waals surface area contributed by atoms with Crippen molar-refractivity contribution in [2.45, 2.75) is 18.4 Å². The fourth-order valence-electron chi connectivity index (χ4n) is 4.12. The maximum absolute atomic E-state index is 13.7. The van der Waals surface area contributed by atoms with Gasteiger partial charge in [-0.1, -0.05) is 42.5 Å². The van der Waals surface area contributed by atoms with Crippen LogP contribution in [-0.4, -0.2) is 29.3 Å². The summed E-state index contributed by atoms with van der Waals surface area (Å²) in [5.74, 6) is -0.735. The van der Waals surface area contributed by atoms with Crippen LogP contribution in [0, 0.1) is 5.82 Å². The summed E-state index contributed by atoms with van der Waals surface area (Å²) in [5.41, 5.74) is 9.99. The van der Waals surface area contributed by atoms with E-state index in [-0.39, 0.29) is 19.1 Å². The molecule has 0 unspecified atom stereocenters. The van der Waals surface area contributed by atoms with E-state index in [2.05, 4.69) is 10.6 Å². The standard InChI is InChI=1S/C26H26FN3O3/c27-19-8-11-21-22(16-19)30-25(33)23(21)24(17-4-2-1-3-5-17)29-20-9-6-18(7-10-20)26(28,12-14-31)13-15-32/h1-11,16,29,31-32H,12-15,28H2,(H,30,33). The fraction of sp³-hybridized carbons (Fsp3) is 0.192. The molecule has 1 amide bonds. The van der Waals surface area contributed by atoms with E-state index < -0.39 is 11.4 Å². The van der Waals surface area contributed by atoms with Gasteiger partial charge in [0.05, 0.1) is 17.0 Å². The average molecular weight is 448 g/mol. The zero-order chi connectivity index (χ0) is 23.4. The van der Waals surface area contributed by atoms with Crippen LogP contribution in [-0.2, 0) is 10.3 Å². The molecule has 6 N–H and O–H groups in total. The number of anilines is 2. The summed E-state index contributed by atoms with van der Waals surface area (Å²) >= 11 is 0. The molecule has 7 heteroatoms. The Morgan fingerprint density at radius 2 is 1.64 bits per heavy atom. The van der Waals surface area contributed by atoms with Gasteiger partial charge in [-0.25, -0.2) is 4.39 Å². The number of fused-ring (bicyclic) bond motifs is 1. The first-order valence-corrected chi connectivity index (χ1v) is 10.7. The molecular weight excluding hydrogens is 421 g/mol. The molecule has 0 saturated carbocycles. The lowest BCUT2D eigenvalue weighted by Gasteiger charge is -2.29. The number of aliphatic hydroxyl groups is 2. The van der Waals surface area contributed by atoms with E-state index in [1.165, 1.54) is 12.1 Å². The maximum Gasteiger partial charge on any atom is 0.258 e. The monoisotopic (exact) mass is 447 g/mol. The van der Waals surface area contributed by atoms with Crippen LogP contribution in [0.5, 0.6) is 0 Å². The van der Waals surface area contributed by atoms with Gasteiger partial charge in [-0.2, -0.15) is 0 Å². The molecule has 0 aliphatic carbocycles. The van der Waals surface area contributed by atoms with Crippen LogP contribution in [0.25, 0.3) is 11.3 Å². The lowest BCUT2D eigenvalue weighted by molar-refractivity contribution is -0.110. The van der Waals surface area contributed by atoms with E-state index in [9.17, 15) is 19.4 Å². The van der Waals surface area contributed by atoms with Crippen LogP contribution >= 0.6 is 0 Å². The van der Waals surface area contributed by atoms with Crippen LogP contribution in [0.2, 0.25) is 0 Å². The second kappa shape index (κ2) is 9.54. The summed E-state index contributed by atoms with van der Waals surface area (Å²) in [6.45, 7) is -0.175. The number of nitrogens with two attached hydrogens (primary N) is 1. The molecule has 1 aliphatic heterocycles. The number of carbonyl (C=O) groups is 1. The predicted octanol–water partition coefficient (Wildman–Crippen LogP) is 3.68. The molecule has 0 saturated heterocycles. The topological polar surface area (TPSA) is 108 Å². The first kappa shape index (κ1) is 22.7. The fourth-order valence-corrected chi connectivity index (χ4v) is 4.12. The highest BCUT2D eigenvalue weighted by Crippen LogP contribution is 2.38. The number of amides is 1. The summed E-state index contributed by atoms with van der Waals surface area (Å²) < 4.78 is 13.7. The third-order valence-corrected chi connectivity index (χ3v) is 5.88. The molecule has 33 heavy (non-hydrogen) atoms. The molecule has 0 radical (unpaired) electrons. The third-order valence-electron chi connectivity index (χ3n) is 5.88. The lowest BCUT2D eigenvalue weighted by atomic mass is 9.85. The SMILES string of the molecule is NC(CCO)(CCO)c1ccc(NC(=C2C(=O)Nc3cc(F)ccc32)c2ccccc2)cc1. The molecule has 3 aromatic rings. The Labute approximate surface area is 191 Å². The van der Waals surface area contributed by atoms with Crippen molar-refractivity contribution in [3.63, 3.8) is 0 Å². The number of hydrogen-bond acceptors (Lipinski definition) is 5. The number of carbonyl (C=O) groups excluding carboxylic acids is 1. The number of nitrogens with one attached hydrogen (secondary N) is 2. The van der Waals surface area contributed by atoms with E-state index >= 15 is 0 Å². The number of aliphatic hydroxyl groups excluding tert-OH is 2. The van der Waals surface area contributed by atoms with E-state index in [4.69, 9.17) is 5.73 Å². The predicted molar refractivity (Wildman–Crippen MR) is 128 cm³/mol. The van der Waals surface area contributed by atoms with Crippen molar-refractivity contribution < 1.29 is 19.4 Å². The van der Waals surface area contributed by atoms with Gasteiger partial charge in [-0.15, -0.1) is 0 Å². The van der Waals surface area contributed by atoms with Crippen LogP contribution in [0.1, 0.15) is 29.5 Å². The highest BCUT2D eigenvalue weighted by molar-refractivity contribution is 6.37. The minimum atomic E-state index is -0.836. The molecule has 0 atom stereocenters. The van der Waals surface area contributed by atoms with Gasteiger partial charge < -0.3 is 26.6 Å². The van der Waals surface area contributed by atoms with Crippen LogP contribution in [0.4, 0.5) is 15.8 Å². The minimum Gasteiger partial charge on any atom is -0.396 e. The van der Waals surface area contributed by atoms with Gasteiger partial charge in [0.25, 0.3) is 5.91 Å². The lowest BCUT2D eigenvalue weighted by Crippen LogP contribution is -2.38. The molecule has 170 valence electrons. The van der Waals surface area contributed by atoms with E-state index in [0.29, 0.717) is 35.4 Å². The molecule has 3 aromatic carbocycles. The summed E-state index contributed by atoms with van der Waals surface area (Å²) in [4.78, 5) is 12.9. The molecule has 6 nitrogen and oxygen atoms in total. The number of benzene rings is 3. The molecule has 0 bridgehead atoms. The first-order chi connectivity index (χ1) is 15.9. The Hall–Kier alpha value is -3.52. The minimum absolute atomic E-state index is 0.0874. The average Bonchev–Trinajstić information content (AvgIpc) is 3.13.